The molecule has 140 valence electrons. The third kappa shape index (κ3) is 4.23. The SMILES string of the molecule is C[C@H](Sc1ncnc2sccc12)C(=O)Nc1ccc(N2CCOCC2)cc1. The minimum absolute atomic E-state index is 0.0406. The van der Waals surface area contributed by atoms with Crippen LogP contribution in [0.5, 0.6) is 0 Å². The number of benzene rings is 1. The molecule has 0 saturated carbocycles. The zero-order valence-electron chi connectivity index (χ0n) is 14.9. The first-order valence-corrected chi connectivity index (χ1v) is 10.5. The normalized spacial score (nSPS) is 15.7. The Morgan fingerprint density at radius 2 is 2.00 bits per heavy atom. The van der Waals surface area contributed by atoms with E-state index in [-0.39, 0.29) is 11.2 Å². The van der Waals surface area contributed by atoms with Gasteiger partial charge in [0.05, 0.1) is 18.5 Å². The average Bonchev–Trinajstić information content (AvgIpc) is 3.19. The number of carbonyl (C=O) groups excluding carboxylic acids is 1. The van der Waals surface area contributed by atoms with Crippen LogP contribution in [0.1, 0.15) is 6.92 Å². The van der Waals surface area contributed by atoms with Gasteiger partial charge in [0.25, 0.3) is 0 Å². The van der Waals surface area contributed by atoms with Crippen molar-refractivity contribution in [2.75, 3.05) is 36.5 Å². The molecule has 0 bridgehead atoms. The molecular weight excluding hydrogens is 380 g/mol. The highest BCUT2D eigenvalue weighted by Crippen LogP contribution is 2.30. The monoisotopic (exact) mass is 400 g/mol. The van der Waals surface area contributed by atoms with Gasteiger partial charge in [-0.2, -0.15) is 0 Å². The van der Waals surface area contributed by atoms with Crippen molar-refractivity contribution in [2.45, 2.75) is 17.2 Å². The maximum Gasteiger partial charge on any atom is 0.237 e. The van der Waals surface area contributed by atoms with Crippen molar-refractivity contribution >= 4 is 50.6 Å². The van der Waals surface area contributed by atoms with Crippen LogP contribution in [0, 0.1) is 0 Å². The molecular formula is C19H20N4O2S2. The number of fused-ring (bicyclic) bond motifs is 1. The Hall–Kier alpha value is -2.16. The molecule has 0 spiro atoms. The van der Waals surface area contributed by atoms with Gasteiger partial charge in [-0.05, 0) is 42.6 Å². The standard InChI is InChI=1S/C19H20N4O2S2/c1-13(27-19-16-6-11-26-18(16)20-12-21-19)17(24)22-14-2-4-15(5-3-14)23-7-9-25-10-8-23/h2-6,11-13H,7-10H2,1H3,(H,22,24)/t13-/m0/s1. The summed E-state index contributed by atoms with van der Waals surface area (Å²) in [6, 6.07) is 9.97. The molecule has 3 aromatic rings. The summed E-state index contributed by atoms with van der Waals surface area (Å²) < 4.78 is 5.38. The average molecular weight is 401 g/mol. The molecule has 27 heavy (non-hydrogen) atoms. The summed E-state index contributed by atoms with van der Waals surface area (Å²) in [6.45, 7) is 5.20. The first-order chi connectivity index (χ1) is 13.2. The van der Waals surface area contributed by atoms with Gasteiger partial charge in [-0.25, -0.2) is 9.97 Å². The summed E-state index contributed by atoms with van der Waals surface area (Å²) in [5, 5.41) is 6.56. The molecule has 2 aromatic heterocycles. The lowest BCUT2D eigenvalue weighted by Crippen LogP contribution is -2.36. The molecule has 0 unspecified atom stereocenters. The predicted molar refractivity (Wildman–Crippen MR) is 111 cm³/mol. The second kappa shape index (κ2) is 8.24. The zero-order valence-corrected chi connectivity index (χ0v) is 16.6. The molecule has 1 aliphatic heterocycles. The minimum Gasteiger partial charge on any atom is -0.378 e. The van der Waals surface area contributed by atoms with E-state index in [9.17, 15) is 4.79 Å². The van der Waals surface area contributed by atoms with E-state index in [1.54, 1.807) is 17.7 Å². The van der Waals surface area contributed by atoms with Gasteiger partial charge in [0.15, 0.2) is 0 Å². The molecule has 1 amide bonds. The quantitative estimate of drug-likeness (QED) is 0.521. The molecule has 3 heterocycles. The molecule has 6 nitrogen and oxygen atoms in total. The third-order valence-electron chi connectivity index (χ3n) is 4.39. The smallest absolute Gasteiger partial charge is 0.237 e. The van der Waals surface area contributed by atoms with Gasteiger partial charge < -0.3 is 15.0 Å². The number of nitrogens with zero attached hydrogens (tertiary/aromatic N) is 3. The lowest BCUT2D eigenvalue weighted by molar-refractivity contribution is -0.115. The molecule has 8 heteroatoms. The van der Waals surface area contributed by atoms with Gasteiger partial charge in [-0.1, -0.05) is 11.8 Å². The molecule has 1 saturated heterocycles. The van der Waals surface area contributed by atoms with Gasteiger partial charge in [-0.15, -0.1) is 11.3 Å². The van der Waals surface area contributed by atoms with Crippen LogP contribution in [-0.2, 0) is 9.53 Å². The van der Waals surface area contributed by atoms with Crippen molar-refractivity contribution in [3.05, 3.63) is 42.0 Å². The minimum atomic E-state index is -0.262. The van der Waals surface area contributed by atoms with Crippen LogP contribution in [0.15, 0.2) is 47.1 Å². The summed E-state index contributed by atoms with van der Waals surface area (Å²) in [5.74, 6) is -0.0406. The number of anilines is 2. The Morgan fingerprint density at radius 1 is 1.22 bits per heavy atom. The van der Waals surface area contributed by atoms with Crippen molar-refractivity contribution in [3.63, 3.8) is 0 Å². The highest BCUT2D eigenvalue weighted by Gasteiger charge is 2.18. The number of ether oxygens (including phenoxy) is 1. The predicted octanol–water partition coefficient (Wildman–Crippen LogP) is 3.65. The maximum absolute atomic E-state index is 12.6. The van der Waals surface area contributed by atoms with Gasteiger partial charge in [0.2, 0.25) is 5.91 Å². The molecule has 0 radical (unpaired) electrons. The fourth-order valence-electron chi connectivity index (χ4n) is 2.90. The Bertz CT molecular complexity index is 923. The number of rotatable bonds is 5. The van der Waals surface area contributed by atoms with Crippen molar-refractivity contribution < 1.29 is 9.53 Å². The molecule has 1 N–H and O–H groups in total. The van der Waals surface area contributed by atoms with Crippen LogP contribution in [-0.4, -0.2) is 47.4 Å². The Balaban J connectivity index is 1.38. The van der Waals surface area contributed by atoms with Crippen molar-refractivity contribution in [2.24, 2.45) is 0 Å². The second-order valence-electron chi connectivity index (χ2n) is 6.21. The Morgan fingerprint density at radius 3 is 2.78 bits per heavy atom. The number of thioether (sulfide) groups is 1. The van der Waals surface area contributed by atoms with Gasteiger partial charge >= 0.3 is 0 Å². The van der Waals surface area contributed by atoms with E-state index in [2.05, 4.69) is 20.2 Å². The van der Waals surface area contributed by atoms with E-state index in [0.717, 1.165) is 52.9 Å². The topological polar surface area (TPSA) is 67.4 Å². The van der Waals surface area contributed by atoms with E-state index < -0.39 is 0 Å². The fourth-order valence-corrected chi connectivity index (χ4v) is 4.60. The van der Waals surface area contributed by atoms with Crippen molar-refractivity contribution in [1.29, 1.82) is 0 Å². The number of hydrogen-bond donors (Lipinski definition) is 1. The number of aromatic nitrogens is 2. The highest BCUT2D eigenvalue weighted by molar-refractivity contribution is 8.00. The lowest BCUT2D eigenvalue weighted by Gasteiger charge is -2.28. The summed E-state index contributed by atoms with van der Waals surface area (Å²) >= 11 is 3.03. The van der Waals surface area contributed by atoms with Gasteiger partial charge in [0.1, 0.15) is 16.2 Å². The number of hydrogen-bond acceptors (Lipinski definition) is 7. The summed E-state index contributed by atoms with van der Waals surface area (Å²) in [4.78, 5) is 24.4. The molecule has 1 fully saturated rings. The molecule has 0 aliphatic carbocycles. The van der Waals surface area contributed by atoms with E-state index in [1.165, 1.54) is 11.8 Å². The molecule has 1 atom stereocenters. The van der Waals surface area contributed by atoms with E-state index in [1.807, 2.05) is 42.6 Å². The van der Waals surface area contributed by atoms with Gasteiger partial charge in [0, 0.05) is 29.9 Å². The van der Waals surface area contributed by atoms with E-state index in [4.69, 9.17) is 4.74 Å². The number of morpholine rings is 1. The molecule has 1 aromatic carbocycles. The van der Waals surface area contributed by atoms with Crippen molar-refractivity contribution in [3.8, 4) is 0 Å². The van der Waals surface area contributed by atoms with Crippen LogP contribution in [0.3, 0.4) is 0 Å². The largest absolute Gasteiger partial charge is 0.378 e. The fraction of sp³-hybridized carbons (Fsp3) is 0.316. The number of nitrogens with one attached hydrogen (secondary N) is 1. The van der Waals surface area contributed by atoms with E-state index >= 15 is 0 Å². The van der Waals surface area contributed by atoms with E-state index in [0.29, 0.717) is 0 Å². The zero-order chi connectivity index (χ0) is 18.6. The first-order valence-electron chi connectivity index (χ1n) is 8.79. The lowest BCUT2D eigenvalue weighted by atomic mass is 10.2. The molecule has 1 aliphatic rings. The number of thiophene rings is 1. The number of carbonyl (C=O) groups is 1. The van der Waals surface area contributed by atoms with Crippen LogP contribution in [0.2, 0.25) is 0 Å². The Labute approximate surface area is 166 Å². The highest BCUT2D eigenvalue weighted by atomic mass is 32.2. The van der Waals surface area contributed by atoms with Crippen LogP contribution in [0.25, 0.3) is 10.2 Å². The van der Waals surface area contributed by atoms with Gasteiger partial charge in [-0.3, -0.25) is 4.79 Å². The number of amides is 1. The van der Waals surface area contributed by atoms with Crippen LogP contribution in [0.4, 0.5) is 11.4 Å². The summed E-state index contributed by atoms with van der Waals surface area (Å²) in [5.41, 5.74) is 1.95. The first kappa shape index (κ1) is 18.2. The van der Waals surface area contributed by atoms with Crippen LogP contribution < -0.4 is 10.2 Å². The molecule has 4 rings (SSSR count). The Kier molecular flexibility index (Phi) is 5.56. The summed E-state index contributed by atoms with van der Waals surface area (Å²) in [7, 11) is 0. The third-order valence-corrected chi connectivity index (χ3v) is 6.33. The second-order valence-corrected chi connectivity index (χ2v) is 8.44. The summed E-state index contributed by atoms with van der Waals surface area (Å²) in [6.07, 6.45) is 1.55. The van der Waals surface area contributed by atoms with Crippen molar-refractivity contribution in [1.82, 2.24) is 9.97 Å². The maximum atomic E-state index is 12.6. The van der Waals surface area contributed by atoms with Crippen LogP contribution >= 0.6 is 23.1 Å².